The van der Waals surface area contributed by atoms with Crippen molar-refractivity contribution in [2.45, 2.75) is 6.92 Å². The van der Waals surface area contributed by atoms with Crippen LogP contribution in [0.2, 0.25) is 0 Å². The lowest BCUT2D eigenvalue weighted by atomic mass is 10.3. The normalized spacial score (nSPS) is 9.91. The third kappa shape index (κ3) is 4.41. The van der Waals surface area contributed by atoms with Gasteiger partial charge in [0.2, 0.25) is 0 Å². The summed E-state index contributed by atoms with van der Waals surface area (Å²) >= 11 is 0. The second-order valence-corrected chi connectivity index (χ2v) is 4.32. The lowest BCUT2D eigenvalue weighted by Gasteiger charge is -2.10. The highest BCUT2D eigenvalue weighted by Gasteiger charge is 2.10. The van der Waals surface area contributed by atoms with Gasteiger partial charge < -0.3 is 18.9 Å². The van der Waals surface area contributed by atoms with Gasteiger partial charge in [-0.25, -0.2) is 4.79 Å². The van der Waals surface area contributed by atoms with Crippen LogP contribution in [-0.4, -0.2) is 26.3 Å². The van der Waals surface area contributed by atoms with Gasteiger partial charge in [0.1, 0.15) is 11.5 Å². The van der Waals surface area contributed by atoms with E-state index >= 15 is 0 Å². The molecule has 0 aromatic heterocycles. The number of benzene rings is 2. The van der Waals surface area contributed by atoms with Gasteiger partial charge in [0.15, 0.2) is 18.1 Å². The number of methoxy groups -OCH3 is 1. The fourth-order valence-corrected chi connectivity index (χ4v) is 1.80. The van der Waals surface area contributed by atoms with Gasteiger partial charge in [0.05, 0.1) is 13.7 Å². The van der Waals surface area contributed by atoms with Crippen LogP contribution in [0.5, 0.6) is 23.0 Å². The summed E-state index contributed by atoms with van der Waals surface area (Å²) in [5, 5.41) is 0. The van der Waals surface area contributed by atoms with Crippen molar-refractivity contribution in [3.05, 3.63) is 48.5 Å². The van der Waals surface area contributed by atoms with Gasteiger partial charge in [-0.05, 0) is 43.3 Å². The van der Waals surface area contributed by atoms with Crippen LogP contribution in [0.15, 0.2) is 48.5 Å². The predicted molar refractivity (Wildman–Crippen MR) is 81.7 cm³/mol. The van der Waals surface area contributed by atoms with Crippen molar-refractivity contribution in [1.29, 1.82) is 0 Å². The second-order valence-electron chi connectivity index (χ2n) is 4.32. The number of rotatable bonds is 7. The molecule has 5 heteroatoms. The molecule has 0 saturated heterocycles. The number of hydrogen-bond donors (Lipinski definition) is 0. The van der Waals surface area contributed by atoms with Crippen LogP contribution in [0.25, 0.3) is 0 Å². The van der Waals surface area contributed by atoms with Crippen LogP contribution in [0, 0.1) is 0 Å². The molecule has 2 rings (SSSR count). The van der Waals surface area contributed by atoms with E-state index in [4.69, 9.17) is 18.9 Å². The van der Waals surface area contributed by atoms with Gasteiger partial charge in [0, 0.05) is 0 Å². The maximum absolute atomic E-state index is 11.8. The molecule has 0 amide bonds. The summed E-state index contributed by atoms with van der Waals surface area (Å²) in [4.78, 5) is 11.8. The number of carbonyl (C=O) groups excluding carboxylic acids is 1. The summed E-state index contributed by atoms with van der Waals surface area (Å²) in [7, 11) is 1.52. The molecule has 0 spiro atoms. The molecule has 2 aromatic carbocycles. The third-order valence-electron chi connectivity index (χ3n) is 2.78. The second kappa shape index (κ2) is 7.93. The van der Waals surface area contributed by atoms with Crippen LogP contribution in [0.4, 0.5) is 0 Å². The Morgan fingerprint density at radius 2 is 1.50 bits per heavy atom. The van der Waals surface area contributed by atoms with Crippen molar-refractivity contribution in [2.75, 3.05) is 20.3 Å². The number of para-hydroxylation sites is 2. The molecule has 0 bridgehead atoms. The van der Waals surface area contributed by atoms with E-state index in [-0.39, 0.29) is 6.61 Å². The first-order chi connectivity index (χ1) is 10.7. The summed E-state index contributed by atoms with van der Waals surface area (Å²) in [6.07, 6.45) is 0. The minimum Gasteiger partial charge on any atom is -0.494 e. The smallest absolute Gasteiger partial charge is 0.349 e. The van der Waals surface area contributed by atoms with Gasteiger partial charge >= 0.3 is 5.97 Å². The van der Waals surface area contributed by atoms with Crippen LogP contribution >= 0.6 is 0 Å². The van der Waals surface area contributed by atoms with Crippen LogP contribution in [0.1, 0.15) is 6.92 Å². The Labute approximate surface area is 129 Å². The number of esters is 1. The van der Waals surface area contributed by atoms with E-state index < -0.39 is 5.97 Å². The highest BCUT2D eigenvalue weighted by atomic mass is 16.6. The van der Waals surface area contributed by atoms with Crippen molar-refractivity contribution >= 4 is 5.97 Å². The standard InChI is InChI=1S/C17H18O5/c1-3-20-13-8-10-14(11-9-13)21-12-17(18)22-16-7-5-4-6-15(16)19-2/h4-11H,3,12H2,1-2H3. The lowest BCUT2D eigenvalue weighted by Crippen LogP contribution is -2.18. The monoisotopic (exact) mass is 302 g/mol. The number of carbonyl (C=O) groups is 1. The molecular weight excluding hydrogens is 284 g/mol. The van der Waals surface area contributed by atoms with Crippen molar-refractivity contribution in [1.82, 2.24) is 0 Å². The Hall–Kier alpha value is -2.69. The molecule has 0 radical (unpaired) electrons. The molecule has 22 heavy (non-hydrogen) atoms. The van der Waals surface area contributed by atoms with E-state index in [2.05, 4.69) is 0 Å². The lowest BCUT2D eigenvalue weighted by molar-refractivity contribution is -0.136. The SMILES string of the molecule is CCOc1ccc(OCC(=O)Oc2ccccc2OC)cc1. The van der Waals surface area contributed by atoms with E-state index in [9.17, 15) is 4.79 Å². The Kier molecular flexibility index (Phi) is 5.65. The molecule has 116 valence electrons. The summed E-state index contributed by atoms with van der Waals surface area (Å²) in [6, 6.07) is 14.0. The first kappa shape index (κ1) is 15.7. The Balaban J connectivity index is 1.87. The van der Waals surface area contributed by atoms with Gasteiger partial charge in [-0.3, -0.25) is 0 Å². The number of hydrogen-bond acceptors (Lipinski definition) is 5. The fraction of sp³-hybridized carbons (Fsp3) is 0.235. The summed E-state index contributed by atoms with van der Waals surface area (Å²) < 4.78 is 21.0. The third-order valence-corrected chi connectivity index (χ3v) is 2.78. The average molecular weight is 302 g/mol. The van der Waals surface area contributed by atoms with E-state index in [0.29, 0.717) is 23.9 Å². The molecule has 5 nitrogen and oxygen atoms in total. The molecule has 0 atom stereocenters. The summed E-state index contributed by atoms with van der Waals surface area (Å²) in [6.45, 7) is 2.33. The van der Waals surface area contributed by atoms with Gasteiger partial charge in [-0.2, -0.15) is 0 Å². The maximum Gasteiger partial charge on any atom is 0.349 e. The number of ether oxygens (including phenoxy) is 4. The molecular formula is C17H18O5. The highest BCUT2D eigenvalue weighted by molar-refractivity contribution is 5.74. The minimum atomic E-state index is -0.501. The summed E-state index contributed by atoms with van der Waals surface area (Å²) in [5.41, 5.74) is 0. The highest BCUT2D eigenvalue weighted by Crippen LogP contribution is 2.26. The van der Waals surface area contributed by atoms with Crippen molar-refractivity contribution in [3.63, 3.8) is 0 Å². The minimum absolute atomic E-state index is 0.188. The molecule has 0 unspecified atom stereocenters. The van der Waals surface area contributed by atoms with Crippen molar-refractivity contribution in [2.24, 2.45) is 0 Å². The Morgan fingerprint density at radius 3 is 2.09 bits per heavy atom. The van der Waals surface area contributed by atoms with Crippen LogP contribution in [-0.2, 0) is 4.79 Å². The van der Waals surface area contributed by atoms with Crippen molar-refractivity contribution in [3.8, 4) is 23.0 Å². The quantitative estimate of drug-likeness (QED) is 0.581. The van der Waals surface area contributed by atoms with E-state index in [1.807, 2.05) is 6.92 Å². The fourth-order valence-electron chi connectivity index (χ4n) is 1.80. The average Bonchev–Trinajstić information content (AvgIpc) is 2.55. The molecule has 0 aliphatic heterocycles. The van der Waals surface area contributed by atoms with Crippen molar-refractivity contribution < 1.29 is 23.7 Å². The van der Waals surface area contributed by atoms with Gasteiger partial charge in [0.25, 0.3) is 0 Å². The largest absolute Gasteiger partial charge is 0.494 e. The zero-order chi connectivity index (χ0) is 15.8. The first-order valence-corrected chi connectivity index (χ1v) is 6.92. The zero-order valence-electron chi connectivity index (χ0n) is 12.6. The van der Waals surface area contributed by atoms with Gasteiger partial charge in [-0.15, -0.1) is 0 Å². The Morgan fingerprint density at radius 1 is 0.909 bits per heavy atom. The Bertz CT molecular complexity index is 607. The van der Waals surface area contributed by atoms with Crippen LogP contribution in [0.3, 0.4) is 0 Å². The first-order valence-electron chi connectivity index (χ1n) is 6.92. The summed E-state index contributed by atoms with van der Waals surface area (Å²) in [5.74, 6) is 1.69. The predicted octanol–water partition coefficient (Wildman–Crippen LogP) is 3.08. The van der Waals surface area contributed by atoms with E-state index in [1.54, 1.807) is 48.5 Å². The molecule has 0 N–H and O–H groups in total. The van der Waals surface area contributed by atoms with Crippen LogP contribution < -0.4 is 18.9 Å². The zero-order valence-corrected chi connectivity index (χ0v) is 12.6. The topological polar surface area (TPSA) is 54.0 Å². The molecule has 0 aliphatic rings. The molecule has 0 aliphatic carbocycles. The molecule has 0 heterocycles. The van der Waals surface area contributed by atoms with Gasteiger partial charge in [-0.1, -0.05) is 12.1 Å². The van der Waals surface area contributed by atoms with E-state index in [1.165, 1.54) is 7.11 Å². The molecule has 0 saturated carbocycles. The molecule has 2 aromatic rings. The maximum atomic E-state index is 11.8. The van der Waals surface area contributed by atoms with E-state index in [0.717, 1.165) is 5.75 Å². The molecule has 0 fully saturated rings.